The summed E-state index contributed by atoms with van der Waals surface area (Å²) in [6.45, 7) is 4.47. The van der Waals surface area contributed by atoms with Crippen LogP contribution in [0.2, 0.25) is 0 Å². The molecular weight excluding hydrogens is 452 g/mol. The van der Waals surface area contributed by atoms with Crippen LogP contribution < -0.4 is 10.6 Å². The summed E-state index contributed by atoms with van der Waals surface area (Å²) < 4.78 is 6.81. The first-order valence-electron chi connectivity index (χ1n) is 14.2. The number of hydrogen-bond donors (Lipinski definition) is 2. The second kappa shape index (κ2) is 10.6. The fourth-order valence-electron chi connectivity index (χ4n) is 7.26. The number of benzene rings is 1. The van der Waals surface area contributed by atoms with Gasteiger partial charge in [-0.2, -0.15) is 0 Å². The van der Waals surface area contributed by atoms with Crippen molar-refractivity contribution >= 4 is 11.7 Å². The number of nitrogens with one attached hydrogen (secondary N) is 2. The molecule has 3 aliphatic heterocycles. The highest BCUT2D eigenvalue weighted by Gasteiger charge is 2.55. The molecule has 2 saturated heterocycles. The SMILES string of the molecule is O=C(NCCN1CCCC1)C1=CN2C3CCCCC3OC3C(NCc4ccccc4)CCC(C1=O)C32. The molecule has 3 heterocycles. The van der Waals surface area contributed by atoms with Crippen LogP contribution in [-0.2, 0) is 20.9 Å². The molecule has 1 amide bonds. The number of carbonyl (C=O) groups is 2. The van der Waals surface area contributed by atoms with Crippen molar-refractivity contribution in [2.24, 2.45) is 5.92 Å². The zero-order valence-corrected chi connectivity index (χ0v) is 21.2. The van der Waals surface area contributed by atoms with Crippen LogP contribution in [0.5, 0.6) is 0 Å². The summed E-state index contributed by atoms with van der Waals surface area (Å²) in [5, 5.41) is 6.82. The van der Waals surface area contributed by atoms with Crippen molar-refractivity contribution in [3.63, 3.8) is 0 Å². The minimum absolute atomic E-state index is 0.0132. The van der Waals surface area contributed by atoms with Gasteiger partial charge in [-0.15, -0.1) is 0 Å². The number of ether oxygens (including phenoxy) is 1. The average molecular weight is 493 g/mol. The molecule has 6 atom stereocenters. The summed E-state index contributed by atoms with van der Waals surface area (Å²) in [5.74, 6) is -0.353. The first-order valence-corrected chi connectivity index (χ1v) is 14.2. The summed E-state index contributed by atoms with van der Waals surface area (Å²) in [6.07, 6.45) is 10.7. The number of rotatable bonds is 7. The van der Waals surface area contributed by atoms with Gasteiger partial charge in [0.2, 0.25) is 0 Å². The molecular formula is C29H40N4O3. The van der Waals surface area contributed by atoms with E-state index in [-0.39, 0.29) is 47.9 Å². The molecule has 0 bridgehead atoms. The minimum atomic E-state index is -0.197. The average Bonchev–Trinajstić information content (AvgIpc) is 3.43. The fraction of sp³-hybridized carbons (Fsp3) is 0.655. The lowest BCUT2D eigenvalue weighted by Gasteiger charge is -2.58. The number of likely N-dealkylation sites (tertiary alicyclic amines) is 1. The van der Waals surface area contributed by atoms with Gasteiger partial charge in [0.05, 0.1) is 29.9 Å². The molecule has 194 valence electrons. The molecule has 5 aliphatic rings. The highest BCUT2D eigenvalue weighted by Crippen LogP contribution is 2.44. The van der Waals surface area contributed by atoms with Crippen molar-refractivity contribution in [3.8, 4) is 0 Å². The van der Waals surface area contributed by atoms with Gasteiger partial charge in [0, 0.05) is 37.8 Å². The Balaban J connectivity index is 1.20. The number of Topliss-reactive ketones (excluding diaryl/α,β-unsaturated/α-hetero) is 1. The van der Waals surface area contributed by atoms with E-state index in [1.54, 1.807) is 0 Å². The maximum Gasteiger partial charge on any atom is 0.256 e. The van der Waals surface area contributed by atoms with Gasteiger partial charge >= 0.3 is 0 Å². The Morgan fingerprint density at radius 1 is 1.00 bits per heavy atom. The van der Waals surface area contributed by atoms with Gasteiger partial charge in [-0.25, -0.2) is 0 Å². The third-order valence-electron chi connectivity index (χ3n) is 9.11. The minimum Gasteiger partial charge on any atom is -0.369 e. The van der Waals surface area contributed by atoms with Crippen molar-refractivity contribution in [1.82, 2.24) is 20.4 Å². The van der Waals surface area contributed by atoms with Crippen LogP contribution in [0.15, 0.2) is 42.1 Å². The lowest BCUT2D eigenvalue weighted by atomic mass is 9.70. The third-order valence-corrected chi connectivity index (χ3v) is 9.11. The Morgan fingerprint density at radius 2 is 1.81 bits per heavy atom. The number of carbonyl (C=O) groups excluding carboxylic acids is 2. The monoisotopic (exact) mass is 492 g/mol. The molecule has 4 fully saturated rings. The zero-order chi connectivity index (χ0) is 24.5. The van der Waals surface area contributed by atoms with E-state index in [4.69, 9.17) is 4.74 Å². The Kier molecular flexibility index (Phi) is 7.13. The van der Waals surface area contributed by atoms with Crippen molar-refractivity contribution in [1.29, 1.82) is 0 Å². The van der Waals surface area contributed by atoms with Crippen molar-refractivity contribution in [2.75, 3.05) is 26.2 Å². The molecule has 2 saturated carbocycles. The standard InChI is InChI=1S/C29H40N4O3/c34-27-21-12-13-23(31-18-20-8-2-1-3-9-20)28-26(21)33(24-10-4-5-11-25(24)36-28)19-22(27)29(35)30-14-17-32-15-6-7-16-32/h1-3,8-9,19,21,23-26,28,31H,4-7,10-18H2,(H,30,35). The van der Waals surface area contributed by atoms with Gasteiger partial charge in [-0.1, -0.05) is 43.2 Å². The van der Waals surface area contributed by atoms with E-state index in [0.717, 1.165) is 51.9 Å². The lowest BCUT2D eigenvalue weighted by Crippen LogP contribution is -2.70. The summed E-state index contributed by atoms with van der Waals surface area (Å²) in [6, 6.07) is 10.9. The van der Waals surface area contributed by atoms with Crippen LogP contribution in [0.25, 0.3) is 0 Å². The van der Waals surface area contributed by atoms with E-state index >= 15 is 0 Å². The Morgan fingerprint density at radius 3 is 2.64 bits per heavy atom. The van der Waals surface area contributed by atoms with E-state index in [1.807, 2.05) is 12.3 Å². The van der Waals surface area contributed by atoms with Gasteiger partial charge in [-0.3, -0.25) is 9.59 Å². The first-order chi connectivity index (χ1) is 17.7. The van der Waals surface area contributed by atoms with Crippen LogP contribution in [0.3, 0.4) is 0 Å². The maximum absolute atomic E-state index is 13.7. The molecule has 2 aliphatic carbocycles. The highest BCUT2D eigenvalue weighted by atomic mass is 16.5. The van der Waals surface area contributed by atoms with Gasteiger partial charge in [0.15, 0.2) is 5.78 Å². The van der Waals surface area contributed by atoms with Gasteiger partial charge < -0.3 is 25.2 Å². The molecule has 1 aromatic rings. The van der Waals surface area contributed by atoms with Crippen molar-refractivity contribution in [2.45, 2.75) is 88.2 Å². The van der Waals surface area contributed by atoms with E-state index in [1.165, 1.54) is 31.2 Å². The number of amides is 1. The van der Waals surface area contributed by atoms with E-state index in [9.17, 15) is 9.59 Å². The van der Waals surface area contributed by atoms with Crippen LogP contribution in [0.1, 0.15) is 56.9 Å². The van der Waals surface area contributed by atoms with Crippen LogP contribution in [-0.4, -0.2) is 78.0 Å². The molecule has 2 N–H and O–H groups in total. The fourth-order valence-corrected chi connectivity index (χ4v) is 7.26. The number of morpholine rings is 1. The number of ketones is 1. The van der Waals surface area contributed by atoms with Crippen molar-refractivity contribution in [3.05, 3.63) is 47.7 Å². The first kappa shape index (κ1) is 24.1. The molecule has 0 aromatic heterocycles. The normalized spacial score (nSPS) is 34.1. The second-order valence-corrected chi connectivity index (χ2v) is 11.3. The van der Waals surface area contributed by atoms with E-state index in [2.05, 4.69) is 44.7 Å². The predicted octanol–water partition coefficient (Wildman–Crippen LogP) is 2.61. The van der Waals surface area contributed by atoms with Gasteiger partial charge in [0.1, 0.15) is 0 Å². The van der Waals surface area contributed by atoms with E-state index in [0.29, 0.717) is 12.1 Å². The molecule has 6 rings (SSSR count). The van der Waals surface area contributed by atoms with Crippen LogP contribution in [0, 0.1) is 5.92 Å². The quantitative estimate of drug-likeness (QED) is 0.570. The number of nitrogens with zero attached hydrogens (tertiary/aromatic N) is 2. The molecule has 7 nitrogen and oxygen atoms in total. The lowest BCUT2D eigenvalue weighted by molar-refractivity contribution is -0.188. The number of hydrogen-bond acceptors (Lipinski definition) is 6. The van der Waals surface area contributed by atoms with Crippen molar-refractivity contribution < 1.29 is 14.3 Å². The molecule has 36 heavy (non-hydrogen) atoms. The van der Waals surface area contributed by atoms with Gasteiger partial charge in [-0.05, 0) is 57.2 Å². The molecule has 0 spiro atoms. The Hall–Kier alpha value is -2.22. The largest absolute Gasteiger partial charge is 0.369 e. The second-order valence-electron chi connectivity index (χ2n) is 11.3. The zero-order valence-electron chi connectivity index (χ0n) is 21.2. The smallest absolute Gasteiger partial charge is 0.256 e. The maximum atomic E-state index is 13.7. The number of fused-ring (bicyclic) bond motifs is 2. The van der Waals surface area contributed by atoms with Gasteiger partial charge in [0.25, 0.3) is 5.91 Å². The highest BCUT2D eigenvalue weighted by molar-refractivity contribution is 6.20. The summed E-state index contributed by atoms with van der Waals surface area (Å²) in [7, 11) is 0. The topological polar surface area (TPSA) is 73.9 Å². The molecule has 0 radical (unpaired) electrons. The summed E-state index contributed by atoms with van der Waals surface area (Å²) in [4.78, 5) is 31.7. The Labute approximate surface area is 214 Å². The van der Waals surface area contributed by atoms with E-state index < -0.39 is 0 Å². The molecule has 6 unspecified atom stereocenters. The van der Waals surface area contributed by atoms with Crippen LogP contribution >= 0.6 is 0 Å². The third kappa shape index (κ3) is 4.73. The molecule has 1 aromatic carbocycles. The molecule has 7 heteroatoms. The van der Waals surface area contributed by atoms with Crippen LogP contribution in [0.4, 0.5) is 0 Å². The summed E-state index contributed by atoms with van der Waals surface area (Å²) >= 11 is 0. The predicted molar refractivity (Wildman–Crippen MR) is 138 cm³/mol. The Bertz CT molecular complexity index is 976. The summed E-state index contributed by atoms with van der Waals surface area (Å²) in [5.41, 5.74) is 1.62.